The Hall–Kier alpha value is -0.740. The lowest BCUT2D eigenvalue weighted by molar-refractivity contribution is 0.0506. The standard InChI is InChI=1S/C14H16ClF3O/c1-6-7(2)19-8(3)12(6)14(15)13-10(17)4-9(16)5-11(13)18/h4-8,12,14H,1-3H3. The van der Waals surface area contributed by atoms with Crippen molar-refractivity contribution in [2.45, 2.75) is 38.4 Å². The van der Waals surface area contributed by atoms with Crippen molar-refractivity contribution >= 4 is 11.6 Å². The number of benzene rings is 1. The van der Waals surface area contributed by atoms with Crippen molar-refractivity contribution in [2.24, 2.45) is 11.8 Å². The van der Waals surface area contributed by atoms with Crippen molar-refractivity contribution < 1.29 is 17.9 Å². The van der Waals surface area contributed by atoms with E-state index in [-0.39, 0.29) is 29.6 Å². The number of alkyl halides is 1. The van der Waals surface area contributed by atoms with E-state index in [9.17, 15) is 13.2 Å². The zero-order valence-electron chi connectivity index (χ0n) is 11.0. The summed E-state index contributed by atoms with van der Waals surface area (Å²) in [5.41, 5.74) is -0.274. The molecule has 1 aliphatic heterocycles. The fraction of sp³-hybridized carbons (Fsp3) is 0.571. The Morgan fingerprint density at radius 2 is 1.58 bits per heavy atom. The van der Waals surface area contributed by atoms with Crippen LogP contribution >= 0.6 is 11.6 Å². The lowest BCUT2D eigenvalue weighted by atomic mass is 9.84. The molecule has 5 unspecified atom stereocenters. The molecule has 0 amide bonds. The van der Waals surface area contributed by atoms with Gasteiger partial charge in [0, 0.05) is 23.6 Å². The molecule has 106 valence electrons. The van der Waals surface area contributed by atoms with E-state index in [1.807, 2.05) is 20.8 Å². The Bertz CT molecular complexity index is 457. The van der Waals surface area contributed by atoms with Gasteiger partial charge in [0.2, 0.25) is 0 Å². The minimum absolute atomic E-state index is 0.0205. The van der Waals surface area contributed by atoms with Crippen LogP contribution in [0.2, 0.25) is 0 Å². The summed E-state index contributed by atoms with van der Waals surface area (Å²) in [6, 6.07) is 1.31. The van der Waals surface area contributed by atoms with E-state index in [0.717, 1.165) is 0 Å². The second kappa shape index (κ2) is 5.33. The van der Waals surface area contributed by atoms with Gasteiger partial charge in [-0.05, 0) is 19.8 Å². The summed E-state index contributed by atoms with van der Waals surface area (Å²) in [7, 11) is 0. The van der Waals surface area contributed by atoms with Crippen LogP contribution in [-0.4, -0.2) is 12.2 Å². The molecule has 5 atom stereocenters. The second-order valence-corrected chi connectivity index (χ2v) is 5.64. The highest BCUT2D eigenvalue weighted by atomic mass is 35.5. The van der Waals surface area contributed by atoms with Crippen molar-refractivity contribution in [3.8, 4) is 0 Å². The first-order valence-corrected chi connectivity index (χ1v) is 6.70. The Labute approximate surface area is 115 Å². The van der Waals surface area contributed by atoms with Crippen molar-refractivity contribution in [1.29, 1.82) is 0 Å². The number of ether oxygens (including phenoxy) is 1. The van der Waals surface area contributed by atoms with Gasteiger partial charge in [0.05, 0.1) is 17.6 Å². The molecule has 5 heteroatoms. The van der Waals surface area contributed by atoms with E-state index < -0.39 is 22.8 Å². The highest BCUT2D eigenvalue weighted by molar-refractivity contribution is 6.21. The molecule has 1 aromatic carbocycles. The zero-order chi connectivity index (χ0) is 14.3. The smallest absolute Gasteiger partial charge is 0.133 e. The molecule has 1 fully saturated rings. The average molecular weight is 293 g/mol. The van der Waals surface area contributed by atoms with Gasteiger partial charge in [-0.2, -0.15) is 0 Å². The van der Waals surface area contributed by atoms with E-state index >= 15 is 0 Å². The van der Waals surface area contributed by atoms with Crippen LogP contribution in [0.1, 0.15) is 31.7 Å². The minimum Gasteiger partial charge on any atom is -0.375 e. The summed E-state index contributed by atoms with van der Waals surface area (Å²) < 4.78 is 46.1. The molecule has 1 aromatic rings. The first-order chi connectivity index (χ1) is 8.82. The maximum atomic E-state index is 13.8. The molecule has 2 rings (SSSR count). The number of hydrogen-bond acceptors (Lipinski definition) is 1. The normalized spacial score (nSPS) is 32.6. The maximum Gasteiger partial charge on any atom is 0.133 e. The fourth-order valence-electron chi connectivity index (χ4n) is 2.81. The molecule has 0 aliphatic carbocycles. The molecular weight excluding hydrogens is 277 g/mol. The summed E-state index contributed by atoms with van der Waals surface area (Å²) >= 11 is 6.25. The van der Waals surface area contributed by atoms with Crippen LogP contribution < -0.4 is 0 Å². The van der Waals surface area contributed by atoms with Crippen LogP contribution in [0.4, 0.5) is 13.2 Å². The third kappa shape index (κ3) is 2.61. The lowest BCUT2D eigenvalue weighted by Crippen LogP contribution is -2.23. The van der Waals surface area contributed by atoms with Crippen molar-refractivity contribution in [2.75, 3.05) is 0 Å². The first kappa shape index (κ1) is 14.7. The first-order valence-electron chi connectivity index (χ1n) is 6.27. The molecule has 0 aromatic heterocycles. The number of halogens is 4. The SMILES string of the molecule is CC1OC(C)C(C(Cl)c2c(F)cc(F)cc2F)C1C. The predicted octanol–water partition coefficient (Wildman–Crippen LogP) is 4.44. The van der Waals surface area contributed by atoms with Gasteiger partial charge in [-0.1, -0.05) is 6.92 Å². The molecule has 1 aliphatic rings. The predicted molar refractivity (Wildman–Crippen MR) is 67.6 cm³/mol. The Morgan fingerprint density at radius 3 is 2.00 bits per heavy atom. The van der Waals surface area contributed by atoms with Crippen LogP contribution in [0.3, 0.4) is 0 Å². The van der Waals surface area contributed by atoms with Gasteiger partial charge < -0.3 is 4.74 Å². The van der Waals surface area contributed by atoms with Crippen molar-refractivity contribution in [3.05, 3.63) is 35.1 Å². The van der Waals surface area contributed by atoms with Crippen molar-refractivity contribution in [1.82, 2.24) is 0 Å². The van der Waals surface area contributed by atoms with Crippen LogP contribution in [-0.2, 0) is 4.74 Å². The highest BCUT2D eigenvalue weighted by Crippen LogP contribution is 2.45. The Balaban J connectivity index is 2.37. The average Bonchev–Trinajstić information content (AvgIpc) is 2.51. The third-order valence-electron chi connectivity index (χ3n) is 3.98. The molecule has 0 bridgehead atoms. The molecule has 0 radical (unpaired) electrons. The molecule has 1 nitrogen and oxygen atoms in total. The van der Waals surface area contributed by atoms with Crippen LogP contribution in [0.5, 0.6) is 0 Å². The van der Waals surface area contributed by atoms with Gasteiger partial charge in [0.1, 0.15) is 17.5 Å². The monoisotopic (exact) mass is 292 g/mol. The van der Waals surface area contributed by atoms with Gasteiger partial charge >= 0.3 is 0 Å². The fourth-order valence-corrected chi connectivity index (χ4v) is 3.45. The second-order valence-electron chi connectivity index (χ2n) is 5.17. The van der Waals surface area contributed by atoms with Crippen LogP contribution in [0.15, 0.2) is 12.1 Å². The lowest BCUT2D eigenvalue weighted by Gasteiger charge is -2.25. The topological polar surface area (TPSA) is 9.23 Å². The Morgan fingerprint density at radius 1 is 1.05 bits per heavy atom. The van der Waals surface area contributed by atoms with Gasteiger partial charge in [-0.15, -0.1) is 11.6 Å². The number of rotatable bonds is 2. The molecule has 1 saturated heterocycles. The molecule has 19 heavy (non-hydrogen) atoms. The van der Waals surface area contributed by atoms with E-state index in [4.69, 9.17) is 16.3 Å². The highest BCUT2D eigenvalue weighted by Gasteiger charge is 2.43. The molecular formula is C14H16ClF3O. The van der Waals surface area contributed by atoms with Gasteiger partial charge in [0.15, 0.2) is 0 Å². The van der Waals surface area contributed by atoms with Gasteiger partial charge in [0.25, 0.3) is 0 Å². The zero-order valence-corrected chi connectivity index (χ0v) is 11.7. The molecule has 0 saturated carbocycles. The molecule has 0 N–H and O–H groups in total. The van der Waals surface area contributed by atoms with Crippen molar-refractivity contribution in [3.63, 3.8) is 0 Å². The van der Waals surface area contributed by atoms with E-state index in [1.54, 1.807) is 0 Å². The summed E-state index contributed by atoms with van der Waals surface area (Å²) in [6.45, 7) is 5.68. The van der Waals surface area contributed by atoms with Crippen LogP contribution in [0, 0.1) is 29.3 Å². The van der Waals surface area contributed by atoms with E-state index in [1.165, 1.54) is 0 Å². The molecule has 1 heterocycles. The van der Waals surface area contributed by atoms with Gasteiger partial charge in [-0.25, -0.2) is 13.2 Å². The third-order valence-corrected chi connectivity index (χ3v) is 4.49. The van der Waals surface area contributed by atoms with E-state index in [2.05, 4.69) is 0 Å². The summed E-state index contributed by atoms with van der Waals surface area (Å²) in [5, 5.41) is -0.879. The summed E-state index contributed by atoms with van der Waals surface area (Å²) in [4.78, 5) is 0. The Kier molecular flexibility index (Phi) is 4.11. The summed E-state index contributed by atoms with van der Waals surface area (Å²) in [5.74, 6) is -2.99. The van der Waals surface area contributed by atoms with E-state index in [0.29, 0.717) is 12.1 Å². The molecule has 0 spiro atoms. The number of hydrogen-bond donors (Lipinski definition) is 0. The minimum atomic E-state index is -0.948. The maximum absolute atomic E-state index is 13.8. The largest absolute Gasteiger partial charge is 0.375 e. The van der Waals surface area contributed by atoms with Gasteiger partial charge in [-0.3, -0.25) is 0 Å². The quantitative estimate of drug-likeness (QED) is 0.732. The summed E-state index contributed by atoms with van der Waals surface area (Å²) in [6.07, 6.45) is -0.218. The van der Waals surface area contributed by atoms with Crippen LogP contribution in [0.25, 0.3) is 0 Å².